The zero-order chi connectivity index (χ0) is 11.4. The molecule has 0 radical (unpaired) electrons. The first-order valence-electron chi connectivity index (χ1n) is 5.50. The van der Waals surface area contributed by atoms with Crippen LogP contribution in [0.2, 0.25) is 10.0 Å². The van der Waals surface area contributed by atoms with Crippen molar-refractivity contribution >= 4 is 35.0 Å². The van der Waals surface area contributed by atoms with Crippen molar-refractivity contribution in [2.45, 2.75) is 25.4 Å². The first kappa shape index (κ1) is 12.6. The molecule has 1 aromatic carbocycles. The third-order valence-electron chi connectivity index (χ3n) is 2.68. The molecule has 1 atom stereocenters. The Kier molecular flexibility index (Phi) is 4.83. The molecule has 16 heavy (non-hydrogen) atoms. The van der Waals surface area contributed by atoms with Gasteiger partial charge in [0, 0.05) is 28.4 Å². The normalized spacial score (nSPS) is 21.0. The van der Waals surface area contributed by atoms with Crippen LogP contribution in [0.25, 0.3) is 0 Å². The van der Waals surface area contributed by atoms with Gasteiger partial charge in [-0.1, -0.05) is 23.2 Å². The van der Waals surface area contributed by atoms with Crippen LogP contribution >= 0.6 is 35.0 Å². The lowest BCUT2D eigenvalue weighted by atomic mass is 10.1. The van der Waals surface area contributed by atoms with Crippen LogP contribution in [0.1, 0.15) is 18.4 Å². The van der Waals surface area contributed by atoms with Crippen LogP contribution in [0.3, 0.4) is 0 Å². The summed E-state index contributed by atoms with van der Waals surface area (Å²) >= 11 is 13.9. The van der Waals surface area contributed by atoms with Gasteiger partial charge in [-0.3, -0.25) is 0 Å². The standard InChI is InChI=1S/C12H15Cl2NS/c13-10-4-9(5-11(14)6-10)7-15-12-2-1-3-16-8-12/h4-6,12,15H,1-3,7-8H2. The molecule has 1 aliphatic rings. The molecular weight excluding hydrogens is 261 g/mol. The highest BCUT2D eigenvalue weighted by molar-refractivity contribution is 7.99. The summed E-state index contributed by atoms with van der Waals surface area (Å²) in [6.45, 7) is 0.853. The van der Waals surface area contributed by atoms with Gasteiger partial charge in [0.2, 0.25) is 0 Å². The van der Waals surface area contributed by atoms with E-state index >= 15 is 0 Å². The van der Waals surface area contributed by atoms with Gasteiger partial charge in [0.15, 0.2) is 0 Å². The molecule has 1 aliphatic heterocycles. The minimum absolute atomic E-state index is 0.636. The molecule has 1 nitrogen and oxygen atoms in total. The van der Waals surface area contributed by atoms with Crippen molar-refractivity contribution in [3.05, 3.63) is 33.8 Å². The number of nitrogens with one attached hydrogen (secondary N) is 1. The molecule has 4 heteroatoms. The van der Waals surface area contributed by atoms with Gasteiger partial charge in [0.1, 0.15) is 0 Å². The Morgan fingerprint density at radius 3 is 2.62 bits per heavy atom. The van der Waals surface area contributed by atoms with E-state index in [0.717, 1.165) is 12.1 Å². The molecule has 1 N–H and O–H groups in total. The van der Waals surface area contributed by atoms with Gasteiger partial charge < -0.3 is 5.32 Å². The van der Waals surface area contributed by atoms with E-state index in [-0.39, 0.29) is 0 Å². The highest BCUT2D eigenvalue weighted by atomic mass is 35.5. The van der Waals surface area contributed by atoms with Crippen molar-refractivity contribution in [1.29, 1.82) is 0 Å². The molecular formula is C12H15Cl2NS. The van der Waals surface area contributed by atoms with Gasteiger partial charge in [-0.15, -0.1) is 0 Å². The lowest BCUT2D eigenvalue weighted by molar-refractivity contribution is 0.508. The van der Waals surface area contributed by atoms with Gasteiger partial charge in [-0.05, 0) is 42.4 Å². The summed E-state index contributed by atoms with van der Waals surface area (Å²) in [6.07, 6.45) is 2.60. The number of hydrogen-bond donors (Lipinski definition) is 1. The maximum Gasteiger partial charge on any atom is 0.0424 e. The first-order valence-corrected chi connectivity index (χ1v) is 7.41. The van der Waals surface area contributed by atoms with Crippen molar-refractivity contribution in [3.63, 3.8) is 0 Å². The maximum atomic E-state index is 5.96. The minimum atomic E-state index is 0.636. The summed E-state index contributed by atoms with van der Waals surface area (Å²) in [6, 6.07) is 6.34. The predicted octanol–water partition coefficient (Wildman–Crippen LogP) is 3.98. The summed E-state index contributed by atoms with van der Waals surface area (Å²) in [5.74, 6) is 2.52. The first-order chi connectivity index (χ1) is 7.74. The maximum absolute atomic E-state index is 5.96. The summed E-state index contributed by atoms with van der Waals surface area (Å²) < 4.78 is 0. The Morgan fingerprint density at radius 2 is 2.00 bits per heavy atom. The summed E-state index contributed by atoms with van der Waals surface area (Å²) in [4.78, 5) is 0. The molecule has 1 saturated heterocycles. The Bertz CT molecular complexity index is 331. The fraction of sp³-hybridized carbons (Fsp3) is 0.500. The number of benzene rings is 1. The molecule has 0 bridgehead atoms. The Morgan fingerprint density at radius 1 is 1.25 bits per heavy atom. The van der Waals surface area contributed by atoms with E-state index in [4.69, 9.17) is 23.2 Å². The molecule has 0 aliphatic carbocycles. The molecule has 2 rings (SSSR count). The van der Waals surface area contributed by atoms with E-state index in [9.17, 15) is 0 Å². The van der Waals surface area contributed by atoms with E-state index in [1.165, 1.54) is 24.3 Å². The number of thioether (sulfide) groups is 1. The minimum Gasteiger partial charge on any atom is -0.309 e. The molecule has 1 heterocycles. The lowest BCUT2D eigenvalue weighted by Gasteiger charge is -2.22. The average molecular weight is 276 g/mol. The summed E-state index contributed by atoms with van der Waals surface area (Å²) in [5, 5.41) is 4.98. The molecule has 1 aromatic rings. The van der Waals surface area contributed by atoms with Crippen LogP contribution in [0.15, 0.2) is 18.2 Å². The van der Waals surface area contributed by atoms with E-state index in [1.807, 2.05) is 23.9 Å². The van der Waals surface area contributed by atoms with Gasteiger partial charge in [0.25, 0.3) is 0 Å². The Hall–Kier alpha value is 0.110. The van der Waals surface area contributed by atoms with E-state index < -0.39 is 0 Å². The van der Waals surface area contributed by atoms with E-state index in [1.54, 1.807) is 6.07 Å². The van der Waals surface area contributed by atoms with Crippen LogP contribution in [-0.4, -0.2) is 17.5 Å². The van der Waals surface area contributed by atoms with Gasteiger partial charge in [-0.25, -0.2) is 0 Å². The molecule has 0 spiro atoms. The quantitative estimate of drug-likeness (QED) is 0.896. The van der Waals surface area contributed by atoms with Crippen LogP contribution in [0.4, 0.5) is 0 Å². The fourth-order valence-electron chi connectivity index (χ4n) is 1.88. The number of halogens is 2. The number of rotatable bonds is 3. The third-order valence-corrected chi connectivity index (χ3v) is 4.33. The monoisotopic (exact) mass is 275 g/mol. The van der Waals surface area contributed by atoms with Crippen molar-refractivity contribution < 1.29 is 0 Å². The van der Waals surface area contributed by atoms with Crippen molar-refractivity contribution in [1.82, 2.24) is 5.32 Å². The van der Waals surface area contributed by atoms with Crippen LogP contribution in [0, 0.1) is 0 Å². The van der Waals surface area contributed by atoms with E-state index in [0.29, 0.717) is 16.1 Å². The zero-order valence-electron chi connectivity index (χ0n) is 9.01. The summed E-state index contributed by atoms with van der Waals surface area (Å²) in [7, 11) is 0. The van der Waals surface area contributed by atoms with Crippen molar-refractivity contribution in [2.75, 3.05) is 11.5 Å². The van der Waals surface area contributed by atoms with Gasteiger partial charge in [0.05, 0.1) is 0 Å². The average Bonchev–Trinajstić information content (AvgIpc) is 2.27. The fourth-order valence-corrected chi connectivity index (χ4v) is 3.55. The van der Waals surface area contributed by atoms with Gasteiger partial charge in [-0.2, -0.15) is 11.8 Å². The third kappa shape index (κ3) is 3.85. The number of hydrogen-bond acceptors (Lipinski definition) is 2. The second-order valence-corrected chi connectivity index (χ2v) is 6.10. The second kappa shape index (κ2) is 6.15. The topological polar surface area (TPSA) is 12.0 Å². The van der Waals surface area contributed by atoms with Gasteiger partial charge >= 0.3 is 0 Å². The predicted molar refractivity (Wildman–Crippen MR) is 73.6 cm³/mol. The van der Waals surface area contributed by atoms with E-state index in [2.05, 4.69) is 5.32 Å². The van der Waals surface area contributed by atoms with Crippen molar-refractivity contribution in [3.8, 4) is 0 Å². The SMILES string of the molecule is Clc1cc(Cl)cc(CNC2CCCSC2)c1. The Labute approximate surface area is 111 Å². The van der Waals surface area contributed by atoms with Crippen LogP contribution < -0.4 is 5.32 Å². The second-order valence-electron chi connectivity index (χ2n) is 4.07. The van der Waals surface area contributed by atoms with Crippen LogP contribution in [0.5, 0.6) is 0 Å². The molecule has 0 amide bonds. The molecule has 1 unspecified atom stereocenters. The highest BCUT2D eigenvalue weighted by Crippen LogP contribution is 2.20. The Balaban J connectivity index is 1.88. The summed E-state index contributed by atoms with van der Waals surface area (Å²) in [5.41, 5.74) is 1.16. The van der Waals surface area contributed by atoms with Crippen molar-refractivity contribution in [2.24, 2.45) is 0 Å². The zero-order valence-corrected chi connectivity index (χ0v) is 11.3. The highest BCUT2D eigenvalue weighted by Gasteiger charge is 2.12. The molecule has 1 fully saturated rings. The lowest BCUT2D eigenvalue weighted by Crippen LogP contribution is -2.33. The largest absolute Gasteiger partial charge is 0.309 e. The molecule has 0 saturated carbocycles. The molecule has 88 valence electrons. The smallest absolute Gasteiger partial charge is 0.0424 e. The van der Waals surface area contributed by atoms with Crippen LogP contribution in [-0.2, 0) is 6.54 Å². The molecule has 0 aromatic heterocycles.